The van der Waals surface area contributed by atoms with E-state index in [2.05, 4.69) is 10.6 Å². The molecule has 0 aliphatic heterocycles. The zero-order valence-corrected chi connectivity index (χ0v) is 14.7. The molecule has 0 aromatic heterocycles. The average molecular weight is 341 g/mol. The van der Waals surface area contributed by atoms with Crippen molar-refractivity contribution >= 4 is 23.2 Å². The van der Waals surface area contributed by atoms with Crippen molar-refractivity contribution in [3.05, 3.63) is 54.1 Å². The summed E-state index contributed by atoms with van der Waals surface area (Å²) in [4.78, 5) is 25.3. The van der Waals surface area contributed by atoms with E-state index in [-0.39, 0.29) is 18.4 Å². The standard InChI is InChI=1S/C19H23N3O3/c1-4-25-17-11-9-16(10-12-17)21-18(23)13-20-15-7-5-14(6-8-15)19(24)22(2)3/h5-12,20H,4,13H2,1-3H3,(H,21,23). The fourth-order valence-corrected chi connectivity index (χ4v) is 2.18. The molecule has 6 heteroatoms. The topological polar surface area (TPSA) is 70.7 Å². The molecular weight excluding hydrogens is 318 g/mol. The monoisotopic (exact) mass is 341 g/mol. The van der Waals surface area contributed by atoms with Gasteiger partial charge < -0.3 is 20.3 Å². The van der Waals surface area contributed by atoms with Gasteiger partial charge in [0.1, 0.15) is 5.75 Å². The summed E-state index contributed by atoms with van der Waals surface area (Å²) < 4.78 is 5.36. The van der Waals surface area contributed by atoms with E-state index < -0.39 is 0 Å². The fourth-order valence-electron chi connectivity index (χ4n) is 2.18. The molecule has 6 nitrogen and oxygen atoms in total. The van der Waals surface area contributed by atoms with Crippen molar-refractivity contribution in [3.8, 4) is 5.75 Å². The Morgan fingerprint density at radius 1 is 0.960 bits per heavy atom. The number of rotatable bonds is 7. The summed E-state index contributed by atoms with van der Waals surface area (Å²) in [5.74, 6) is 0.559. The van der Waals surface area contributed by atoms with E-state index in [0.717, 1.165) is 11.4 Å². The third-order valence-corrected chi connectivity index (χ3v) is 3.44. The molecule has 2 amide bonds. The van der Waals surface area contributed by atoms with Gasteiger partial charge >= 0.3 is 0 Å². The molecule has 0 aliphatic carbocycles. The summed E-state index contributed by atoms with van der Waals surface area (Å²) in [5, 5.41) is 5.84. The van der Waals surface area contributed by atoms with Gasteiger partial charge in [-0.25, -0.2) is 0 Å². The number of carbonyl (C=O) groups excluding carboxylic acids is 2. The van der Waals surface area contributed by atoms with E-state index >= 15 is 0 Å². The van der Waals surface area contributed by atoms with Gasteiger partial charge in [-0.3, -0.25) is 9.59 Å². The van der Waals surface area contributed by atoms with Gasteiger partial charge in [0, 0.05) is 31.0 Å². The highest BCUT2D eigenvalue weighted by Crippen LogP contribution is 2.15. The molecule has 0 saturated heterocycles. The van der Waals surface area contributed by atoms with Crippen LogP contribution in [-0.2, 0) is 4.79 Å². The second kappa shape index (κ2) is 8.73. The minimum atomic E-state index is -0.155. The van der Waals surface area contributed by atoms with Crippen molar-refractivity contribution in [3.63, 3.8) is 0 Å². The van der Waals surface area contributed by atoms with Crippen molar-refractivity contribution < 1.29 is 14.3 Å². The Morgan fingerprint density at radius 3 is 2.12 bits per heavy atom. The van der Waals surface area contributed by atoms with Crippen LogP contribution in [0.5, 0.6) is 5.75 Å². The molecule has 0 heterocycles. The van der Waals surface area contributed by atoms with E-state index in [1.165, 1.54) is 4.90 Å². The molecule has 2 aromatic carbocycles. The smallest absolute Gasteiger partial charge is 0.253 e. The van der Waals surface area contributed by atoms with Crippen LogP contribution >= 0.6 is 0 Å². The summed E-state index contributed by atoms with van der Waals surface area (Å²) in [5.41, 5.74) is 2.09. The molecule has 25 heavy (non-hydrogen) atoms. The maximum absolute atomic E-state index is 12.0. The SMILES string of the molecule is CCOc1ccc(NC(=O)CNc2ccc(C(=O)N(C)C)cc2)cc1. The Morgan fingerprint density at radius 2 is 1.56 bits per heavy atom. The van der Waals surface area contributed by atoms with Gasteiger partial charge in [0.05, 0.1) is 13.2 Å². The molecule has 2 aromatic rings. The van der Waals surface area contributed by atoms with Crippen LogP contribution in [0.2, 0.25) is 0 Å². The Hall–Kier alpha value is -3.02. The number of hydrogen-bond donors (Lipinski definition) is 2. The lowest BCUT2D eigenvalue weighted by molar-refractivity contribution is -0.114. The third kappa shape index (κ3) is 5.53. The molecule has 2 rings (SSSR count). The number of anilines is 2. The minimum Gasteiger partial charge on any atom is -0.494 e. The predicted octanol–water partition coefficient (Wildman–Crippen LogP) is 2.84. The normalized spacial score (nSPS) is 10.0. The number of nitrogens with zero attached hydrogens (tertiary/aromatic N) is 1. The van der Waals surface area contributed by atoms with Gasteiger partial charge in [-0.05, 0) is 55.5 Å². The zero-order chi connectivity index (χ0) is 18.2. The van der Waals surface area contributed by atoms with Gasteiger partial charge in [-0.2, -0.15) is 0 Å². The van der Waals surface area contributed by atoms with Crippen LogP contribution in [0.25, 0.3) is 0 Å². The molecule has 0 spiro atoms. The molecule has 0 bridgehead atoms. The molecule has 0 atom stereocenters. The van der Waals surface area contributed by atoms with E-state index in [4.69, 9.17) is 4.74 Å². The first-order valence-electron chi connectivity index (χ1n) is 8.08. The largest absolute Gasteiger partial charge is 0.494 e. The molecule has 132 valence electrons. The van der Waals surface area contributed by atoms with Crippen LogP contribution in [0, 0.1) is 0 Å². The molecular formula is C19H23N3O3. The summed E-state index contributed by atoms with van der Waals surface area (Å²) in [7, 11) is 3.42. The molecule has 0 unspecified atom stereocenters. The first kappa shape index (κ1) is 18.3. The van der Waals surface area contributed by atoms with E-state index in [1.54, 1.807) is 50.5 Å². The summed E-state index contributed by atoms with van der Waals surface area (Å²) in [6.07, 6.45) is 0. The van der Waals surface area contributed by atoms with Crippen LogP contribution in [-0.4, -0.2) is 44.0 Å². The van der Waals surface area contributed by atoms with E-state index in [9.17, 15) is 9.59 Å². The lowest BCUT2D eigenvalue weighted by Crippen LogP contribution is -2.22. The van der Waals surface area contributed by atoms with Gasteiger partial charge in [0.15, 0.2) is 0 Å². The maximum atomic E-state index is 12.0. The van der Waals surface area contributed by atoms with Crippen molar-refractivity contribution in [1.82, 2.24) is 4.90 Å². The van der Waals surface area contributed by atoms with E-state index in [1.807, 2.05) is 19.1 Å². The molecule has 0 saturated carbocycles. The summed E-state index contributed by atoms with van der Waals surface area (Å²) in [6, 6.07) is 14.2. The van der Waals surface area contributed by atoms with Gasteiger partial charge in [0.2, 0.25) is 5.91 Å². The third-order valence-electron chi connectivity index (χ3n) is 3.44. The Balaban J connectivity index is 1.84. The Labute approximate surface area is 147 Å². The Kier molecular flexibility index (Phi) is 6.39. The number of ether oxygens (including phenoxy) is 1. The average Bonchev–Trinajstić information content (AvgIpc) is 2.61. The highest BCUT2D eigenvalue weighted by molar-refractivity contribution is 5.95. The Bertz CT molecular complexity index is 710. The molecule has 0 fully saturated rings. The number of benzene rings is 2. The second-order valence-corrected chi connectivity index (χ2v) is 5.64. The maximum Gasteiger partial charge on any atom is 0.253 e. The lowest BCUT2D eigenvalue weighted by Gasteiger charge is -2.11. The molecule has 2 N–H and O–H groups in total. The van der Waals surface area contributed by atoms with Crippen LogP contribution in [0.15, 0.2) is 48.5 Å². The second-order valence-electron chi connectivity index (χ2n) is 5.64. The van der Waals surface area contributed by atoms with Gasteiger partial charge in [-0.1, -0.05) is 0 Å². The van der Waals surface area contributed by atoms with Crippen molar-refractivity contribution in [1.29, 1.82) is 0 Å². The van der Waals surface area contributed by atoms with E-state index in [0.29, 0.717) is 17.9 Å². The van der Waals surface area contributed by atoms with Crippen molar-refractivity contribution in [2.24, 2.45) is 0 Å². The van der Waals surface area contributed by atoms with Gasteiger partial charge in [0.25, 0.3) is 5.91 Å². The quantitative estimate of drug-likeness (QED) is 0.812. The highest BCUT2D eigenvalue weighted by atomic mass is 16.5. The zero-order valence-electron chi connectivity index (χ0n) is 14.7. The first-order valence-corrected chi connectivity index (χ1v) is 8.08. The minimum absolute atomic E-state index is 0.0557. The number of nitrogens with one attached hydrogen (secondary N) is 2. The van der Waals surface area contributed by atoms with Crippen LogP contribution in [0.1, 0.15) is 17.3 Å². The summed E-state index contributed by atoms with van der Waals surface area (Å²) >= 11 is 0. The molecule has 0 aliphatic rings. The van der Waals surface area contributed by atoms with Crippen LogP contribution in [0.3, 0.4) is 0 Å². The number of hydrogen-bond acceptors (Lipinski definition) is 4. The first-order chi connectivity index (χ1) is 12.0. The predicted molar refractivity (Wildman–Crippen MR) is 99.2 cm³/mol. The highest BCUT2D eigenvalue weighted by Gasteiger charge is 2.07. The van der Waals surface area contributed by atoms with Crippen molar-refractivity contribution in [2.75, 3.05) is 37.9 Å². The molecule has 0 radical (unpaired) electrons. The van der Waals surface area contributed by atoms with Crippen LogP contribution in [0.4, 0.5) is 11.4 Å². The fraction of sp³-hybridized carbons (Fsp3) is 0.263. The van der Waals surface area contributed by atoms with Crippen molar-refractivity contribution in [2.45, 2.75) is 6.92 Å². The van der Waals surface area contributed by atoms with Gasteiger partial charge in [-0.15, -0.1) is 0 Å². The lowest BCUT2D eigenvalue weighted by atomic mass is 10.2. The summed E-state index contributed by atoms with van der Waals surface area (Å²) in [6.45, 7) is 2.66. The number of amides is 2. The van der Waals surface area contributed by atoms with Crippen LogP contribution < -0.4 is 15.4 Å². The number of carbonyl (C=O) groups is 2.